The standard InChI is InChI=1S/C17H16FN3O4/c18-11-8-19-17(20-9-11)25-12-4-5-21(10-12)16(22)13-2-1-3-14-15(13)24-7-6-23-14/h1-3,8-9,12H,4-7,10H2. The average Bonchev–Trinajstić information content (AvgIpc) is 3.11. The first-order valence-electron chi connectivity index (χ1n) is 8.03. The van der Waals surface area contributed by atoms with Gasteiger partial charge in [0.05, 0.1) is 24.5 Å². The molecule has 1 aromatic carbocycles. The monoisotopic (exact) mass is 345 g/mol. The van der Waals surface area contributed by atoms with Gasteiger partial charge < -0.3 is 19.1 Å². The molecule has 130 valence electrons. The van der Waals surface area contributed by atoms with Crippen molar-refractivity contribution < 1.29 is 23.4 Å². The van der Waals surface area contributed by atoms with E-state index in [-0.39, 0.29) is 18.0 Å². The quantitative estimate of drug-likeness (QED) is 0.843. The first-order chi connectivity index (χ1) is 12.2. The van der Waals surface area contributed by atoms with E-state index in [0.29, 0.717) is 49.8 Å². The van der Waals surface area contributed by atoms with Crippen molar-refractivity contribution in [3.05, 3.63) is 42.0 Å². The number of carbonyl (C=O) groups is 1. The molecular weight excluding hydrogens is 329 g/mol. The molecule has 2 aliphatic heterocycles. The van der Waals surface area contributed by atoms with E-state index in [2.05, 4.69) is 9.97 Å². The summed E-state index contributed by atoms with van der Waals surface area (Å²) in [6.07, 6.45) is 2.52. The molecule has 1 amide bonds. The number of fused-ring (bicyclic) bond motifs is 1. The average molecular weight is 345 g/mol. The van der Waals surface area contributed by atoms with Crippen LogP contribution in [0.25, 0.3) is 0 Å². The molecule has 1 fully saturated rings. The number of hydrogen-bond acceptors (Lipinski definition) is 6. The normalized spacial score (nSPS) is 18.9. The van der Waals surface area contributed by atoms with E-state index in [0.717, 1.165) is 12.4 Å². The SMILES string of the molecule is O=C(c1cccc2c1OCCO2)N1CCC(Oc2ncc(F)cn2)C1. The van der Waals surface area contributed by atoms with Gasteiger partial charge in [-0.2, -0.15) is 0 Å². The van der Waals surface area contributed by atoms with Crippen LogP contribution in [0, 0.1) is 5.82 Å². The summed E-state index contributed by atoms with van der Waals surface area (Å²) in [5.41, 5.74) is 0.482. The molecular formula is C17H16FN3O4. The number of ether oxygens (including phenoxy) is 3. The summed E-state index contributed by atoms with van der Waals surface area (Å²) in [5.74, 6) is 0.425. The fraction of sp³-hybridized carbons (Fsp3) is 0.353. The Labute approximate surface area is 143 Å². The molecule has 0 bridgehead atoms. The summed E-state index contributed by atoms with van der Waals surface area (Å²) in [5, 5.41) is 0. The number of halogens is 1. The van der Waals surface area contributed by atoms with Crippen molar-refractivity contribution in [2.75, 3.05) is 26.3 Å². The lowest BCUT2D eigenvalue weighted by Gasteiger charge is -2.23. The highest BCUT2D eigenvalue weighted by Crippen LogP contribution is 2.34. The fourth-order valence-corrected chi connectivity index (χ4v) is 2.93. The van der Waals surface area contributed by atoms with Gasteiger partial charge >= 0.3 is 6.01 Å². The van der Waals surface area contributed by atoms with E-state index in [4.69, 9.17) is 14.2 Å². The van der Waals surface area contributed by atoms with Gasteiger partial charge in [0.25, 0.3) is 5.91 Å². The Morgan fingerprint density at radius 1 is 1.24 bits per heavy atom. The molecule has 1 unspecified atom stereocenters. The van der Waals surface area contributed by atoms with Crippen LogP contribution in [0.1, 0.15) is 16.8 Å². The third-order valence-electron chi connectivity index (χ3n) is 4.10. The summed E-state index contributed by atoms with van der Waals surface area (Å²) in [4.78, 5) is 22.1. The molecule has 3 heterocycles. The topological polar surface area (TPSA) is 73.8 Å². The highest BCUT2D eigenvalue weighted by atomic mass is 19.1. The van der Waals surface area contributed by atoms with E-state index in [1.807, 2.05) is 0 Å². The van der Waals surface area contributed by atoms with Crippen LogP contribution in [0.3, 0.4) is 0 Å². The van der Waals surface area contributed by atoms with Gasteiger partial charge in [-0.1, -0.05) is 6.07 Å². The number of carbonyl (C=O) groups excluding carboxylic acids is 1. The van der Waals surface area contributed by atoms with E-state index in [1.54, 1.807) is 23.1 Å². The molecule has 0 saturated carbocycles. The molecule has 0 spiro atoms. The third kappa shape index (κ3) is 3.19. The lowest BCUT2D eigenvalue weighted by Crippen LogP contribution is -2.32. The van der Waals surface area contributed by atoms with Gasteiger partial charge in [0.1, 0.15) is 19.3 Å². The minimum absolute atomic E-state index is 0.106. The number of benzene rings is 1. The summed E-state index contributed by atoms with van der Waals surface area (Å²) in [7, 11) is 0. The minimum Gasteiger partial charge on any atom is -0.486 e. The molecule has 2 aliphatic rings. The van der Waals surface area contributed by atoms with Crippen LogP contribution < -0.4 is 14.2 Å². The van der Waals surface area contributed by atoms with Crippen molar-refractivity contribution in [1.82, 2.24) is 14.9 Å². The van der Waals surface area contributed by atoms with Crippen molar-refractivity contribution in [3.8, 4) is 17.5 Å². The van der Waals surface area contributed by atoms with Crippen LogP contribution in [-0.4, -0.2) is 53.2 Å². The van der Waals surface area contributed by atoms with Crippen LogP contribution in [0.2, 0.25) is 0 Å². The molecule has 1 aromatic heterocycles. The van der Waals surface area contributed by atoms with E-state index >= 15 is 0 Å². The first kappa shape index (κ1) is 15.6. The second-order valence-electron chi connectivity index (χ2n) is 5.79. The zero-order chi connectivity index (χ0) is 17.2. The first-order valence-corrected chi connectivity index (χ1v) is 8.03. The minimum atomic E-state index is -0.522. The Hall–Kier alpha value is -2.90. The van der Waals surface area contributed by atoms with Gasteiger partial charge in [-0.3, -0.25) is 4.79 Å². The van der Waals surface area contributed by atoms with Crippen LogP contribution in [0.15, 0.2) is 30.6 Å². The largest absolute Gasteiger partial charge is 0.486 e. The zero-order valence-corrected chi connectivity index (χ0v) is 13.4. The predicted molar refractivity (Wildman–Crippen MR) is 84.4 cm³/mol. The number of rotatable bonds is 3. The summed E-state index contributed by atoms with van der Waals surface area (Å²) >= 11 is 0. The Bertz CT molecular complexity index is 784. The Morgan fingerprint density at radius 3 is 2.88 bits per heavy atom. The summed E-state index contributed by atoms with van der Waals surface area (Å²) in [6, 6.07) is 5.40. The second-order valence-corrected chi connectivity index (χ2v) is 5.79. The number of aromatic nitrogens is 2. The van der Waals surface area contributed by atoms with Crippen molar-refractivity contribution in [1.29, 1.82) is 0 Å². The lowest BCUT2D eigenvalue weighted by molar-refractivity contribution is 0.0759. The van der Waals surface area contributed by atoms with Gasteiger partial charge in [-0.25, -0.2) is 14.4 Å². The van der Waals surface area contributed by atoms with Crippen LogP contribution in [0.5, 0.6) is 17.5 Å². The zero-order valence-electron chi connectivity index (χ0n) is 13.4. The maximum Gasteiger partial charge on any atom is 0.316 e. The van der Waals surface area contributed by atoms with E-state index < -0.39 is 5.82 Å². The molecule has 25 heavy (non-hydrogen) atoms. The summed E-state index contributed by atoms with van der Waals surface area (Å²) in [6.45, 7) is 1.85. The molecule has 2 aromatic rings. The predicted octanol–water partition coefficient (Wildman–Crippen LogP) is 1.68. The van der Waals surface area contributed by atoms with Crippen molar-refractivity contribution in [3.63, 3.8) is 0 Å². The smallest absolute Gasteiger partial charge is 0.316 e. The fourth-order valence-electron chi connectivity index (χ4n) is 2.93. The van der Waals surface area contributed by atoms with Crippen molar-refractivity contribution in [2.45, 2.75) is 12.5 Å². The lowest BCUT2D eigenvalue weighted by atomic mass is 10.1. The molecule has 1 atom stereocenters. The van der Waals surface area contributed by atoms with Crippen LogP contribution in [0.4, 0.5) is 4.39 Å². The maximum absolute atomic E-state index is 12.8. The molecule has 0 N–H and O–H groups in total. The maximum atomic E-state index is 12.8. The molecule has 4 rings (SSSR count). The van der Waals surface area contributed by atoms with Gasteiger partial charge in [-0.05, 0) is 12.1 Å². The summed E-state index contributed by atoms with van der Waals surface area (Å²) < 4.78 is 29.6. The highest BCUT2D eigenvalue weighted by Gasteiger charge is 2.31. The van der Waals surface area contributed by atoms with E-state index in [9.17, 15) is 9.18 Å². The van der Waals surface area contributed by atoms with Gasteiger partial charge in [-0.15, -0.1) is 0 Å². The van der Waals surface area contributed by atoms with Gasteiger partial charge in [0, 0.05) is 13.0 Å². The molecule has 7 nitrogen and oxygen atoms in total. The number of para-hydroxylation sites is 1. The number of likely N-dealkylation sites (tertiary alicyclic amines) is 1. The highest BCUT2D eigenvalue weighted by molar-refractivity contribution is 5.98. The second kappa shape index (κ2) is 6.54. The van der Waals surface area contributed by atoms with E-state index in [1.165, 1.54) is 0 Å². The Morgan fingerprint density at radius 2 is 2.04 bits per heavy atom. The molecule has 8 heteroatoms. The number of hydrogen-bond donors (Lipinski definition) is 0. The van der Waals surface area contributed by atoms with Crippen LogP contribution in [-0.2, 0) is 0 Å². The Balaban J connectivity index is 1.45. The van der Waals surface area contributed by atoms with Crippen molar-refractivity contribution in [2.24, 2.45) is 0 Å². The van der Waals surface area contributed by atoms with Crippen molar-refractivity contribution >= 4 is 5.91 Å². The van der Waals surface area contributed by atoms with Gasteiger partial charge in [0.2, 0.25) is 0 Å². The molecule has 0 aliphatic carbocycles. The molecule has 1 saturated heterocycles. The third-order valence-corrected chi connectivity index (χ3v) is 4.10. The van der Waals surface area contributed by atoms with Crippen LogP contribution >= 0.6 is 0 Å². The van der Waals surface area contributed by atoms with Gasteiger partial charge in [0.15, 0.2) is 17.3 Å². The molecule has 0 radical (unpaired) electrons. The Kier molecular flexibility index (Phi) is 4.09. The number of amides is 1. The number of nitrogens with zero attached hydrogens (tertiary/aromatic N) is 3.